The Kier molecular flexibility index (Phi) is 3.93. The fourth-order valence-electron chi connectivity index (χ4n) is 2.20. The first-order valence-corrected chi connectivity index (χ1v) is 8.08. The Labute approximate surface area is 125 Å². The third-order valence-electron chi connectivity index (χ3n) is 3.23. The first-order valence-electron chi connectivity index (χ1n) is 6.41. The van der Waals surface area contributed by atoms with E-state index in [9.17, 15) is 0 Å². The predicted molar refractivity (Wildman–Crippen MR) is 82.9 cm³/mol. The topological polar surface area (TPSA) is 44.6 Å². The maximum atomic E-state index is 4.60. The fraction of sp³-hybridized carbons (Fsp3) is 0.583. The molecule has 0 saturated carbocycles. The van der Waals surface area contributed by atoms with Gasteiger partial charge < -0.3 is 9.80 Å². The normalized spacial score (nSPS) is 23.7. The van der Waals surface area contributed by atoms with E-state index in [-0.39, 0.29) is 0 Å². The molecule has 2 aliphatic rings. The second-order valence-corrected chi connectivity index (χ2v) is 7.05. The molecule has 1 atom stereocenters. The predicted octanol–water partition coefficient (Wildman–Crippen LogP) is 1.85. The van der Waals surface area contributed by atoms with Crippen LogP contribution in [0.2, 0.25) is 0 Å². The van der Waals surface area contributed by atoms with Gasteiger partial charge in [0.15, 0.2) is 5.17 Å². The van der Waals surface area contributed by atoms with Gasteiger partial charge in [0.25, 0.3) is 0 Å². The van der Waals surface area contributed by atoms with Gasteiger partial charge in [0, 0.05) is 43.8 Å². The van der Waals surface area contributed by atoms with Crippen LogP contribution >= 0.6 is 27.7 Å². The highest BCUT2D eigenvalue weighted by atomic mass is 79.9. The molecule has 5 nitrogen and oxygen atoms in total. The Bertz CT molecular complexity index is 470. The van der Waals surface area contributed by atoms with Crippen molar-refractivity contribution in [2.24, 2.45) is 4.99 Å². The largest absolute Gasteiger partial charge is 0.348 e. The first-order chi connectivity index (χ1) is 9.22. The molecule has 1 aromatic rings. The average molecular weight is 342 g/mol. The molecule has 0 radical (unpaired) electrons. The van der Waals surface area contributed by atoms with Crippen LogP contribution in [0.5, 0.6) is 0 Å². The van der Waals surface area contributed by atoms with Crippen molar-refractivity contribution < 1.29 is 0 Å². The molecule has 0 unspecified atom stereocenters. The Morgan fingerprint density at radius 3 is 2.37 bits per heavy atom. The second-order valence-electron chi connectivity index (χ2n) is 4.73. The number of aromatic nitrogens is 2. The third-order valence-corrected chi connectivity index (χ3v) is 4.79. The minimum atomic E-state index is 0.628. The van der Waals surface area contributed by atoms with Gasteiger partial charge in [-0.2, -0.15) is 0 Å². The van der Waals surface area contributed by atoms with Crippen LogP contribution in [0.4, 0.5) is 5.95 Å². The van der Waals surface area contributed by atoms with Crippen molar-refractivity contribution in [3.8, 4) is 0 Å². The van der Waals surface area contributed by atoms with E-state index in [0.29, 0.717) is 5.25 Å². The van der Waals surface area contributed by atoms with Crippen molar-refractivity contribution in [1.29, 1.82) is 0 Å². The van der Waals surface area contributed by atoms with E-state index in [0.717, 1.165) is 43.1 Å². The summed E-state index contributed by atoms with van der Waals surface area (Å²) in [6, 6.07) is 0. The average Bonchev–Trinajstić information content (AvgIpc) is 2.87. The highest BCUT2D eigenvalue weighted by Crippen LogP contribution is 2.24. The van der Waals surface area contributed by atoms with E-state index < -0.39 is 0 Å². The summed E-state index contributed by atoms with van der Waals surface area (Å²) in [5, 5.41) is 1.84. The molecule has 1 fully saturated rings. The number of halogens is 1. The highest BCUT2D eigenvalue weighted by Gasteiger charge is 2.25. The lowest BCUT2D eigenvalue weighted by atomic mass is 10.3. The Morgan fingerprint density at radius 1 is 1.16 bits per heavy atom. The summed E-state index contributed by atoms with van der Waals surface area (Å²) >= 11 is 5.25. The Morgan fingerprint density at radius 2 is 1.79 bits per heavy atom. The number of nitrogens with zero attached hydrogens (tertiary/aromatic N) is 5. The smallest absolute Gasteiger partial charge is 0.225 e. The molecule has 3 rings (SSSR count). The minimum Gasteiger partial charge on any atom is -0.348 e. The second kappa shape index (κ2) is 5.66. The van der Waals surface area contributed by atoms with Crippen molar-refractivity contribution in [2.45, 2.75) is 12.2 Å². The summed E-state index contributed by atoms with van der Waals surface area (Å²) in [6.07, 6.45) is 3.60. The van der Waals surface area contributed by atoms with Crippen LogP contribution in [-0.4, -0.2) is 58.0 Å². The van der Waals surface area contributed by atoms with Crippen LogP contribution in [0.3, 0.4) is 0 Å². The maximum Gasteiger partial charge on any atom is 0.225 e. The summed E-state index contributed by atoms with van der Waals surface area (Å²) in [4.78, 5) is 17.9. The van der Waals surface area contributed by atoms with Gasteiger partial charge in [0.05, 0.1) is 11.0 Å². The number of thioether (sulfide) groups is 1. The van der Waals surface area contributed by atoms with E-state index in [2.05, 4.69) is 47.6 Å². The molecule has 0 spiro atoms. The van der Waals surface area contributed by atoms with Gasteiger partial charge in [-0.15, -0.1) is 0 Å². The maximum absolute atomic E-state index is 4.60. The first kappa shape index (κ1) is 13.2. The standard InChI is InChI=1S/C12H16BrN5S/c1-9-6-16-12(19-9)18-4-2-17(3-5-18)11-14-7-10(13)8-15-11/h7-9H,2-6H2,1H3/t9-/m1/s1. The van der Waals surface area contributed by atoms with E-state index in [1.54, 1.807) is 12.4 Å². The van der Waals surface area contributed by atoms with Crippen molar-refractivity contribution in [1.82, 2.24) is 14.9 Å². The number of hydrogen-bond donors (Lipinski definition) is 0. The van der Waals surface area contributed by atoms with Gasteiger partial charge in [0.1, 0.15) is 0 Å². The van der Waals surface area contributed by atoms with E-state index in [1.165, 1.54) is 5.17 Å². The summed E-state index contributed by atoms with van der Waals surface area (Å²) in [7, 11) is 0. The molecule has 1 aromatic heterocycles. The molecule has 0 bridgehead atoms. The monoisotopic (exact) mass is 341 g/mol. The quantitative estimate of drug-likeness (QED) is 0.779. The van der Waals surface area contributed by atoms with Gasteiger partial charge in [-0.05, 0) is 15.9 Å². The molecule has 0 aromatic carbocycles. The lowest BCUT2D eigenvalue weighted by Crippen LogP contribution is -2.48. The van der Waals surface area contributed by atoms with Crippen LogP contribution < -0.4 is 4.90 Å². The number of hydrogen-bond acceptors (Lipinski definition) is 6. The molecular weight excluding hydrogens is 326 g/mol. The number of anilines is 1. The van der Waals surface area contributed by atoms with Crippen LogP contribution in [0.1, 0.15) is 6.92 Å². The Balaban J connectivity index is 1.59. The van der Waals surface area contributed by atoms with Crippen LogP contribution in [-0.2, 0) is 0 Å². The van der Waals surface area contributed by atoms with E-state index >= 15 is 0 Å². The SMILES string of the molecule is C[C@@H]1CN=C(N2CCN(c3ncc(Br)cn3)CC2)S1. The molecule has 1 saturated heterocycles. The summed E-state index contributed by atoms with van der Waals surface area (Å²) in [6.45, 7) is 7.09. The van der Waals surface area contributed by atoms with Gasteiger partial charge in [-0.25, -0.2) is 9.97 Å². The van der Waals surface area contributed by atoms with Crippen molar-refractivity contribution in [3.05, 3.63) is 16.9 Å². The van der Waals surface area contributed by atoms with Gasteiger partial charge >= 0.3 is 0 Å². The molecule has 3 heterocycles. The summed E-state index contributed by atoms with van der Waals surface area (Å²) in [5.74, 6) is 0.817. The van der Waals surface area contributed by atoms with Crippen molar-refractivity contribution in [3.63, 3.8) is 0 Å². The van der Waals surface area contributed by atoms with Crippen molar-refractivity contribution in [2.75, 3.05) is 37.6 Å². The lowest BCUT2D eigenvalue weighted by Gasteiger charge is -2.35. The molecular formula is C12H16BrN5S. The van der Waals surface area contributed by atoms with Crippen LogP contribution in [0.25, 0.3) is 0 Å². The molecule has 0 amide bonds. The highest BCUT2D eigenvalue weighted by molar-refractivity contribution is 9.10. The zero-order valence-corrected chi connectivity index (χ0v) is 13.2. The molecule has 0 N–H and O–H groups in total. The number of piperazine rings is 1. The van der Waals surface area contributed by atoms with Gasteiger partial charge in [-0.3, -0.25) is 4.99 Å². The van der Waals surface area contributed by atoms with Crippen LogP contribution in [0, 0.1) is 0 Å². The van der Waals surface area contributed by atoms with E-state index in [1.807, 2.05) is 11.8 Å². The molecule has 2 aliphatic heterocycles. The third kappa shape index (κ3) is 3.02. The summed E-state index contributed by atoms with van der Waals surface area (Å²) in [5.41, 5.74) is 0. The number of aliphatic imine (C=N–C) groups is 1. The molecule has 102 valence electrons. The summed E-state index contributed by atoms with van der Waals surface area (Å²) < 4.78 is 0.917. The van der Waals surface area contributed by atoms with Crippen LogP contribution in [0.15, 0.2) is 21.9 Å². The molecule has 7 heteroatoms. The van der Waals surface area contributed by atoms with Crippen molar-refractivity contribution >= 4 is 38.8 Å². The van der Waals surface area contributed by atoms with E-state index in [4.69, 9.17) is 0 Å². The fourth-order valence-corrected chi connectivity index (χ4v) is 3.40. The zero-order chi connectivity index (χ0) is 13.2. The lowest BCUT2D eigenvalue weighted by molar-refractivity contribution is 0.389. The molecule has 19 heavy (non-hydrogen) atoms. The number of rotatable bonds is 1. The molecule has 0 aliphatic carbocycles. The number of amidine groups is 1. The minimum absolute atomic E-state index is 0.628. The Hall–Kier alpha value is -0.820. The zero-order valence-electron chi connectivity index (χ0n) is 10.8. The van der Waals surface area contributed by atoms with Gasteiger partial charge in [0.2, 0.25) is 5.95 Å². The van der Waals surface area contributed by atoms with Gasteiger partial charge in [-0.1, -0.05) is 18.7 Å².